The summed E-state index contributed by atoms with van der Waals surface area (Å²) in [5.41, 5.74) is 16.3. The second-order valence-corrected chi connectivity index (χ2v) is 22.7. The zero-order valence-corrected chi connectivity index (χ0v) is 49.3. The van der Waals surface area contributed by atoms with E-state index in [1.807, 2.05) is 87.6 Å². The van der Waals surface area contributed by atoms with Gasteiger partial charge in [0.15, 0.2) is 0 Å². The van der Waals surface area contributed by atoms with Gasteiger partial charge in [0.1, 0.15) is 12.9 Å². The van der Waals surface area contributed by atoms with E-state index in [9.17, 15) is 9.59 Å². The average molecular weight is 1030 g/mol. The third-order valence-corrected chi connectivity index (χ3v) is 14.3. The Balaban J connectivity index is 0.000000374. The van der Waals surface area contributed by atoms with Crippen LogP contribution in [0.3, 0.4) is 0 Å². The summed E-state index contributed by atoms with van der Waals surface area (Å²) in [6, 6.07) is 7.22. The Bertz CT molecular complexity index is 2660. The van der Waals surface area contributed by atoms with Gasteiger partial charge in [-0.15, -0.1) is 0 Å². The highest BCUT2D eigenvalue weighted by Gasteiger charge is 2.28. The minimum atomic E-state index is -0.717. The van der Waals surface area contributed by atoms with Gasteiger partial charge in [-0.25, -0.2) is 9.59 Å². The van der Waals surface area contributed by atoms with E-state index in [0.717, 1.165) is 16.7 Å². The van der Waals surface area contributed by atoms with Crippen LogP contribution in [0.25, 0.3) is 0 Å². The van der Waals surface area contributed by atoms with Crippen LogP contribution in [-0.4, -0.2) is 39.6 Å². The fourth-order valence-corrected chi connectivity index (χ4v) is 9.69. The van der Waals surface area contributed by atoms with E-state index in [1.54, 1.807) is 30.9 Å². The van der Waals surface area contributed by atoms with E-state index in [0.29, 0.717) is 5.41 Å². The monoisotopic (exact) mass is 1030 g/mol. The first-order chi connectivity index (χ1) is 35.9. The highest BCUT2D eigenvalue weighted by molar-refractivity contribution is 5.79. The Labute approximate surface area is 460 Å². The molecule has 2 aromatic rings. The number of rotatable bonds is 16. The van der Waals surface area contributed by atoms with Gasteiger partial charge in [0.05, 0.1) is 6.61 Å². The fourth-order valence-electron chi connectivity index (χ4n) is 9.69. The predicted octanol–water partition coefficient (Wildman–Crippen LogP) is 19.5. The lowest BCUT2D eigenvalue weighted by atomic mass is 9.72. The van der Waals surface area contributed by atoms with Crippen molar-refractivity contribution in [2.24, 2.45) is 16.2 Å². The van der Waals surface area contributed by atoms with Crippen molar-refractivity contribution in [3.05, 3.63) is 225 Å². The first kappa shape index (κ1) is 63.8. The topological polar surface area (TPSA) is 82.7 Å². The molecule has 0 bridgehead atoms. The van der Waals surface area contributed by atoms with Gasteiger partial charge in [-0.2, -0.15) is 0 Å². The van der Waals surface area contributed by atoms with Crippen molar-refractivity contribution in [2.45, 2.75) is 162 Å². The lowest BCUT2D eigenvalue weighted by Crippen LogP contribution is -2.19. The summed E-state index contributed by atoms with van der Waals surface area (Å²) in [6.07, 6.45) is 54.2. The van der Waals surface area contributed by atoms with Gasteiger partial charge in [-0.1, -0.05) is 183 Å². The maximum atomic E-state index is 12.0. The maximum Gasteiger partial charge on any atom is 0.513 e. The van der Waals surface area contributed by atoms with E-state index in [4.69, 9.17) is 14.6 Å². The first-order valence-corrected chi connectivity index (χ1v) is 27.4. The summed E-state index contributed by atoms with van der Waals surface area (Å²) >= 11 is 0. The molecule has 1 N–H and O–H groups in total. The molecular weight excluding hydrogens is 937 g/mol. The van der Waals surface area contributed by atoms with Crippen LogP contribution in [-0.2, 0) is 9.47 Å². The average Bonchev–Trinajstić information content (AvgIpc) is 4.10. The van der Waals surface area contributed by atoms with Gasteiger partial charge in [-0.3, -0.25) is 9.13 Å². The molecule has 0 saturated carbocycles. The largest absolute Gasteiger partial charge is 0.513 e. The number of aliphatic hydroxyl groups excluding tert-OH is 1. The number of aliphatic hydroxyl groups is 1. The Hall–Kier alpha value is -6.44. The van der Waals surface area contributed by atoms with E-state index in [2.05, 4.69) is 138 Å². The van der Waals surface area contributed by atoms with Crippen LogP contribution in [0.15, 0.2) is 225 Å². The van der Waals surface area contributed by atoms with E-state index in [-0.39, 0.29) is 30.1 Å². The standard InChI is InChI=1S/C40H56O3.C20H30O.C9H8N2O/c1-30(21-23-36-34(5)19-13-26-39(36,7)8)15-11-17-32(3)25-28-42-38(41)43-29-33(4)18-12-16-31(2)22-24-37-35(6)20-14-27-40(37,9)10;1-16(8-6-9-17(2)13-15-21)11-12-19-18(3)10-7-14-20(19,4)5;12-9(10-5-1-2-6-10)11-7-3-4-8-11/h11-12,15-18,21-25,29H,13-14,19-20,26-28H2,1-10H3;6,8-9,11-13,21H,7,10,14-15H2,1-5H3;1-8H/b17-11+,18-12+,23-21+,24-22+,30-15+,31-16+,32-25+,33-29+;9-6+,12-11+,16-8+,17-13+;. The summed E-state index contributed by atoms with van der Waals surface area (Å²) in [4.78, 5) is 23.5. The predicted molar refractivity (Wildman–Crippen MR) is 323 cm³/mol. The summed E-state index contributed by atoms with van der Waals surface area (Å²) in [7, 11) is 0. The second-order valence-electron chi connectivity index (χ2n) is 22.7. The third-order valence-electron chi connectivity index (χ3n) is 14.3. The zero-order chi connectivity index (χ0) is 56.3. The summed E-state index contributed by atoms with van der Waals surface area (Å²) in [5.74, 6) is 0. The number of aromatic nitrogens is 2. The molecule has 0 atom stereocenters. The lowest BCUT2D eigenvalue weighted by Gasteiger charge is -2.33. The normalized spacial score (nSPS) is 19.1. The Morgan fingerprint density at radius 3 is 1.20 bits per heavy atom. The molecule has 0 spiro atoms. The number of hydrogen-bond donors (Lipinski definition) is 1. The molecular formula is C69H94N2O5. The molecule has 3 aliphatic rings. The summed E-state index contributed by atoms with van der Waals surface area (Å²) < 4.78 is 13.4. The minimum absolute atomic E-state index is 0.0648. The quantitative estimate of drug-likeness (QED) is 0.103. The number of carbonyl (C=O) groups excluding carboxylic acids is 2. The van der Waals surface area contributed by atoms with Crippen LogP contribution in [0.1, 0.15) is 162 Å². The van der Waals surface area contributed by atoms with Crippen molar-refractivity contribution in [2.75, 3.05) is 13.2 Å². The third kappa shape index (κ3) is 23.2. The van der Waals surface area contributed by atoms with Crippen LogP contribution in [0.2, 0.25) is 0 Å². The molecule has 410 valence electrons. The van der Waals surface area contributed by atoms with E-state index in [1.165, 1.54) is 123 Å². The van der Waals surface area contributed by atoms with Crippen LogP contribution in [0, 0.1) is 16.2 Å². The molecule has 7 heteroatoms. The van der Waals surface area contributed by atoms with Crippen molar-refractivity contribution >= 4 is 12.2 Å². The maximum absolute atomic E-state index is 12.0. The van der Waals surface area contributed by atoms with Crippen LogP contribution in [0.4, 0.5) is 9.59 Å². The van der Waals surface area contributed by atoms with E-state index < -0.39 is 6.16 Å². The first-order valence-electron chi connectivity index (χ1n) is 27.4. The zero-order valence-electron chi connectivity index (χ0n) is 49.3. The van der Waals surface area contributed by atoms with E-state index >= 15 is 0 Å². The molecule has 2 aromatic heterocycles. The Morgan fingerprint density at radius 1 is 0.513 bits per heavy atom. The van der Waals surface area contributed by atoms with Crippen molar-refractivity contribution < 1.29 is 24.2 Å². The number of carbonyl (C=O) groups is 2. The van der Waals surface area contributed by atoms with Crippen molar-refractivity contribution in [1.29, 1.82) is 0 Å². The molecule has 0 aromatic carbocycles. The van der Waals surface area contributed by atoms with Crippen LogP contribution in [0.5, 0.6) is 0 Å². The van der Waals surface area contributed by atoms with Crippen molar-refractivity contribution in [3.8, 4) is 0 Å². The Morgan fingerprint density at radius 2 is 0.855 bits per heavy atom. The van der Waals surface area contributed by atoms with Crippen LogP contribution < -0.4 is 0 Å². The summed E-state index contributed by atoms with van der Waals surface area (Å²) in [5, 5.41) is 8.81. The van der Waals surface area contributed by atoms with Crippen molar-refractivity contribution in [1.82, 2.24) is 9.13 Å². The number of hydrogen-bond acceptors (Lipinski definition) is 5. The molecule has 0 saturated heterocycles. The molecule has 0 aliphatic heterocycles. The number of ether oxygens (including phenoxy) is 2. The Kier molecular flexibility index (Phi) is 27.1. The molecule has 3 aliphatic carbocycles. The van der Waals surface area contributed by atoms with Gasteiger partial charge in [0.2, 0.25) is 0 Å². The minimum Gasteiger partial charge on any atom is -0.430 e. The summed E-state index contributed by atoms with van der Waals surface area (Å²) in [6.45, 7) is 33.3. The second kappa shape index (κ2) is 32.2. The molecule has 5 rings (SSSR count). The number of allylic oxidation sites excluding steroid dienone is 27. The molecule has 0 amide bonds. The molecule has 7 nitrogen and oxygen atoms in total. The van der Waals surface area contributed by atoms with Gasteiger partial charge >= 0.3 is 12.2 Å². The fraction of sp³-hybridized carbons (Fsp3) is 0.420. The molecule has 0 unspecified atom stereocenters. The number of nitrogens with zero attached hydrogens (tertiary/aromatic N) is 2. The van der Waals surface area contributed by atoms with Crippen molar-refractivity contribution in [3.63, 3.8) is 0 Å². The molecule has 0 radical (unpaired) electrons. The molecule has 76 heavy (non-hydrogen) atoms. The van der Waals surface area contributed by atoms with Gasteiger partial charge in [-0.05, 0) is 189 Å². The lowest BCUT2D eigenvalue weighted by molar-refractivity contribution is 0.0939. The smallest absolute Gasteiger partial charge is 0.430 e. The molecule has 0 fully saturated rings. The van der Waals surface area contributed by atoms with Crippen LogP contribution >= 0.6 is 0 Å². The highest BCUT2D eigenvalue weighted by Crippen LogP contribution is 2.43. The SMILES string of the molecule is CC1=C(/C=C/C(C)=C/C=C/C(C)=C/CO)C(C)(C)CCC1.CC1=C(/C=C/C(C)=C/C=C/C(C)=C/COC(=O)O/C=C(C)/C=C/C=C(C)/C=C/C2=C(C)CCCC2(C)C)C(C)(C)CCC1.O=C(n1cccc1)n1cccc1. The van der Waals surface area contributed by atoms with Gasteiger partial charge in [0, 0.05) is 24.8 Å². The van der Waals surface area contributed by atoms with Gasteiger partial charge in [0.25, 0.3) is 0 Å². The van der Waals surface area contributed by atoms with Gasteiger partial charge < -0.3 is 14.6 Å². The highest BCUT2D eigenvalue weighted by atomic mass is 16.7. The molecule has 2 heterocycles.